The molecule has 0 unspecified atom stereocenters. The van der Waals surface area contributed by atoms with Crippen LogP contribution in [-0.2, 0) is 14.3 Å². The van der Waals surface area contributed by atoms with Gasteiger partial charge in [0.2, 0.25) is 0 Å². The fourth-order valence-electron chi connectivity index (χ4n) is 4.26. The fourth-order valence-corrected chi connectivity index (χ4v) is 4.49. The molecule has 1 aromatic rings. The molecular formula is C29H47ClO4. The molecule has 194 valence electrons. The molecular weight excluding hydrogens is 448 g/mol. The molecule has 0 aliphatic heterocycles. The number of esters is 2. The van der Waals surface area contributed by atoms with Crippen molar-refractivity contribution in [3.63, 3.8) is 0 Å². The van der Waals surface area contributed by atoms with E-state index in [0.29, 0.717) is 30.2 Å². The number of hydrogen-bond acceptors (Lipinski definition) is 4. The zero-order chi connectivity index (χ0) is 25.2. The Bertz CT molecular complexity index is 712. The highest BCUT2D eigenvalue weighted by Crippen LogP contribution is 2.32. The molecule has 34 heavy (non-hydrogen) atoms. The maximum atomic E-state index is 13.0. The quantitative estimate of drug-likeness (QED) is 0.0832. The topological polar surface area (TPSA) is 52.6 Å². The summed E-state index contributed by atoms with van der Waals surface area (Å²) >= 11 is 5.98. The lowest BCUT2D eigenvalue weighted by Crippen LogP contribution is -2.42. The lowest BCUT2D eigenvalue weighted by Gasteiger charge is -2.27. The minimum atomic E-state index is -1.28. The molecule has 0 atom stereocenters. The van der Waals surface area contributed by atoms with E-state index in [0.717, 1.165) is 18.4 Å². The Hall–Kier alpha value is -1.55. The maximum absolute atomic E-state index is 13.0. The lowest BCUT2D eigenvalue weighted by molar-refractivity contribution is -0.168. The summed E-state index contributed by atoms with van der Waals surface area (Å²) in [7, 11) is 0. The van der Waals surface area contributed by atoms with Crippen molar-refractivity contribution in [2.45, 2.75) is 124 Å². The van der Waals surface area contributed by atoms with E-state index in [1.54, 1.807) is 18.2 Å². The van der Waals surface area contributed by atoms with Gasteiger partial charge in [-0.15, -0.1) is 0 Å². The smallest absolute Gasteiger partial charge is 0.328 e. The number of halogens is 1. The minimum Gasteiger partial charge on any atom is -0.465 e. The molecule has 0 fully saturated rings. The van der Waals surface area contributed by atoms with E-state index in [-0.39, 0.29) is 0 Å². The van der Waals surface area contributed by atoms with Crippen LogP contribution in [0.1, 0.15) is 123 Å². The summed E-state index contributed by atoms with van der Waals surface area (Å²) in [4.78, 5) is 25.8. The first-order chi connectivity index (χ1) is 16.4. The van der Waals surface area contributed by atoms with Gasteiger partial charge in [-0.3, -0.25) is 9.59 Å². The van der Waals surface area contributed by atoms with Gasteiger partial charge < -0.3 is 9.47 Å². The van der Waals surface area contributed by atoms with Gasteiger partial charge in [-0.2, -0.15) is 0 Å². The monoisotopic (exact) mass is 494 g/mol. The molecule has 5 heteroatoms. The SMILES string of the molecule is CCCCCCCCCCCCCCCOC(=O)C(CC)(CC)C(=O)Oc1ccc(Cl)cc1C. The van der Waals surface area contributed by atoms with Crippen LogP contribution in [0.3, 0.4) is 0 Å². The molecule has 0 radical (unpaired) electrons. The average molecular weight is 495 g/mol. The van der Waals surface area contributed by atoms with E-state index in [1.165, 1.54) is 70.6 Å². The number of benzene rings is 1. The van der Waals surface area contributed by atoms with E-state index in [2.05, 4.69) is 6.92 Å². The highest BCUT2D eigenvalue weighted by molar-refractivity contribution is 6.30. The van der Waals surface area contributed by atoms with E-state index in [4.69, 9.17) is 21.1 Å². The highest BCUT2D eigenvalue weighted by Gasteiger charge is 2.46. The van der Waals surface area contributed by atoms with Crippen molar-refractivity contribution in [1.29, 1.82) is 0 Å². The highest BCUT2D eigenvalue weighted by atomic mass is 35.5. The van der Waals surface area contributed by atoms with Crippen LogP contribution in [0.25, 0.3) is 0 Å². The summed E-state index contributed by atoms with van der Waals surface area (Å²) in [6.07, 6.45) is 17.2. The zero-order valence-electron chi connectivity index (χ0n) is 22.1. The van der Waals surface area contributed by atoms with Gasteiger partial charge in [0.1, 0.15) is 5.75 Å². The van der Waals surface area contributed by atoms with E-state index in [1.807, 2.05) is 20.8 Å². The summed E-state index contributed by atoms with van der Waals surface area (Å²) < 4.78 is 11.1. The predicted octanol–water partition coefficient (Wildman–Crippen LogP) is 8.99. The Morgan fingerprint density at radius 1 is 0.765 bits per heavy atom. The Morgan fingerprint density at radius 2 is 1.26 bits per heavy atom. The van der Waals surface area contributed by atoms with Gasteiger partial charge in [0, 0.05) is 5.02 Å². The number of carbonyl (C=O) groups excluding carboxylic acids is 2. The predicted molar refractivity (Wildman–Crippen MR) is 141 cm³/mol. The third-order valence-corrected chi connectivity index (χ3v) is 7.04. The molecule has 0 aliphatic carbocycles. The molecule has 4 nitrogen and oxygen atoms in total. The molecule has 0 aliphatic rings. The van der Waals surface area contributed by atoms with Crippen LogP contribution in [0.4, 0.5) is 0 Å². The van der Waals surface area contributed by atoms with Gasteiger partial charge in [0.25, 0.3) is 0 Å². The summed E-state index contributed by atoms with van der Waals surface area (Å²) in [6, 6.07) is 5.06. The van der Waals surface area contributed by atoms with Crippen LogP contribution >= 0.6 is 11.6 Å². The molecule has 0 N–H and O–H groups in total. The van der Waals surface area contributed by atoms with Gasteiger partial charge in [-0.25, -0.2) is 0 Å². The van der Waals surface area contributed by atoms with Gasteiger partial charge in [0.05, 0.1) is 6.61 Å². The average Bonchev–Trinajstić information content (AvgIpc) is 2.82. The maximum Gasteiger partial charge on any atom is 0.328 e. The fraction of sp³-hybridized carbons (Fsp3) is 0.724. The Balaban J connectivity index is 2.27. The van der Waals surface area contributed by atoms with E-state index in [9.17, 15) is 9.59 Å². The number of carbonyl (C=O) groups is 2. The van der Waals surface area contributed by atoms with Crippen molar-refractivity contribution in [2.75, 3.05) is 6.61 Å². The Kier molecular flexibility index (Phi) is 16.0. The van der Waals surface area contributed by atoms with Crippen molar-refractivity contribution < 1.29 is 19.1 Å². The number of hydrogen-bond donors (Lipinski definition) is 0. The van der Waals surface area contributed by atoms with Crippen LogP contribution in [0.15, 0.2) is 18.2 Å². The molecule has 0 saturated heterocycles. The van der Waals surface area contributed by atoms with Crippen LogP contribution in [-0.4, -0.2) is 18.5 Å². The molecule has 0 heterocycles. The largest absolute Gasteiger partial charge is 0.465 e. The Morgan fingerprint density at radius 3 is 1.74 bits per heavy atom. The zero-order valence-corrected chi connectivity index (χ0v) is 22.8. The number of ether oxygens (including phenoxy) is 2. The Labute approximate surface area is 213 Å². The van der Waals surface area contributed by atoms with Crippen LogP contribution in [0.2, 0.25) is 5.02 Å². The third-order valence-electron chi connectivity index (χ3n) is 6.81. The number of unbranched alkanes of at least 4 members (excludes halogenated alkanes) is 12. The van der Waals surface area contributed by atoms with Gasteiger partial charge in [-0.05, 0) is 49.9 Å². The molecule has 0 saturated carbocycles. The lowest BCUT2D eigenvalue weighted by atomic mass is 9.82. The van der Waals surface area contributed by atoms with Gasteiger partial charge in [0.15, 0.2) is 5.41 Å². The minimum absolute atomic E-state index is 0.340. The first-order valence-corrected chi connectivity index (χ1v) is 13.9. The third kappa shape index (κ3) is 10.8. The summed E-state index contributed by atoms with van der Waals surface area (Å²) in [6.45, 7) is 8.08. The molecule has 0 aromatic heterocycles. The second-order valence-electron chi connectivity index (χ2n) is 9.47. The second kappa shape index (κ2) is 17.8. The van der Waals surface area contributed by atoms with Crippen LogP contribution < -0.4 is 4.74 Å². The first kappa shape index (κ1) is 30.5. The van der Waals surface area contributed by atoms with Crippen molar-refractivity contribution in [2.24, 2.45) is 5.41 Å². The van der Waals surface area contributed by atoms with Crippen molar-refractivity contribution in [1.82, 2.24) is 0 Å². The van der Waals surface area contributed by atoms with Gasteiger partial charge >= 0.3 is 11.9 Å². The van der Waals surface area contributed by atoms with Crippen LogP contribution in [0.5, 0.6) is 5.75 Å². The molecule has 1 aromatic carbocycles. The molecule has 0 bridgehead atoms. The van der Waals surface area contributed by atoms with Crippen molar-refractivity contribution in [3.05, 3.63) is 28.8 Å². The van der Waals surface area contributed by atoms with Crippen molar-refractivity contribution >= 4 is 23.5 Å². The normalized spacial score (nSPS) is 11.4. The molecule has 1 rings (SSSR count). The van der Waals surface area contributed by atoms with E-state index < -0.39 is 17.4 Å². The summed E-state index contributed by atoms with van der Waals surface area (Å²) in [5.41, 5.74) is -0.523. The second-order valence-corrected chi connectivity index (χ2v) is 9.90. The van der Waals surface area contributed by atoms with Crippen molar-refractivity contribution in [3.8, 4) is 5.75 Å². The number of aryl methyl sites for hydroxylation is 1. The van der Waals surface area contributed by atoms with Crippen LogP contribution in [0, 0.1) is 12.3 Å². The van der Waals surface area contributed by atoms with E-state index >= 15 is 0 Å². The first-order valence-electron chi connectivity index (χ1n) is 13.6. The standard InChI is InChI=1S/C29H47ClO4/c1-5-8-9-10-11-12-13-14-15-16-17-18-19-22-33-27(31)29(6-2,7-3)28(32)34-26-21-20-25(30)23-24(26)4/h20-21,23H,5-19,22H2,1-4H3. The summed E-state index contributed by atoms with van der Waals surface area (Å²) in [5.74, 6) is -0.615. The molecule has 0 amide bonds. The molecule has 0 spiro atoms. The van der Waals surface area contributed by atoms with Gasteiger partial charge in [-0.1, -0.05) is 109 Å². The number of rotatable bonds is 19. The summed E-state index contributed by atoms with van der Waals surface area (Å²) in [5, 5.41) is 0.576.